The van der Waals surface area contributed by atoms with Crippen molar-refractivity contribution < 1.29 is 4.74 Å². The Morgan fingerprint density at radius 1 is 1.22 bits per heavy atom. The molecule has 0 N–H and O–H groups in total. The number of aromatic nitrogens is 1. The quantitative estimate of drug-likeness (QED) is 0.826. The molecule has 0 spiro atoms. The number of ether oxygens (including phenoxy) is 1. The first kappa shape index (κ1) is 12.6. The third kappa shape index (κ3) is 2.09. The van der Waals surface area contributed by atoms with E-state index in [1.54, 1.807) is 7.11 Å². The Balaban J connectivity index is 2.62. The molecular formula is C14H14N2OS. The fourth-order valence-corrected chi connectivity index (χ4v) is 2.85. The second-order valence-corrected chi connectivity index (χ2v) is 5.37. The second kappa shape index (κ2) is 4.79. The van der Waals surface area contributed by atoms with Crippen LogP contribution in [0, 0.1) is 32.1 Å². The lowest BCUT2D eigenvalue weighted by atomic mass is 10.0. The largest absolute Gasteiger partial charge is 0.496 e. The zero-order chi connectivity index (χ0) is 13.3. The van der Waals surface area contributed by atoms with Gasteiger partial charge in [-0.1, -0.05) is 0 Å². The number of benzene rings is 1. The van der Waals surface area contributed by atoms with Crippen LogP contribution >= 0.6 is 11.3 Å². The minimum absolute atomic E-state index is 0.663. The average molecular weight is 258 g/mol. The summed E-state index contributed by atoms with van der Waals surface area (Å²) >= 11 is 1.43. The van der Waals surface area contributed by atoms with E-state index in [9.17, 15) is 0 Å². The molecule has 1 aromatic heterocycles. The van der Waals surface area contributed by atoms with Gasteiger partial charge in [-0.25, -0.2) is 4.98 Å². The number of hydrogen-bond donors (Lipinski definition) is 0. The van der Waals surface area contributed by atoms with Crippen LogP contribution in [0.4, 0.5) is 0 Å². The molecule has 0 atom stereocenters. The number of nitrogens with zero attached hydrogens (tertiary/aromatic N) is 2. The smallest absolute Gasteiger partial charge is 0.132 e. The third-order valence-corrected chi connectivity index (χ3v) is 3.65. The van der Waals surface area contributed by atoms with E-state index >= 15 is 0 Å². The maximum absolute atomic E-state index is 9.13. The van der Waals surface area contributed by atoms with Crippen LogP contribution in [0.25, 0.3) is 11.3 Å². The second-order valence-electron chi connectivity index (χ2n) is 4.17. The number of nitriles is 1. The molecule has 0 unspecified atom stereocenters. The molecule has 2 aromatic rings. The molecule has 0 aliphatic rings. The van der Waals surface area contributed by atoms with Gasteiger partial charge in [-0.05, 0) is 44.0 Å². The fourth-order valence-electron chi connectivity index (χ4n) is 2.11. The van der Waals surface area contributed by atoms with Gasteiger partial charge in [0.05, 0.1) is 17.8 Å². The van der Waals surface area contributed by atoms with Crippen molar-refractivity contribution in [3.8, 4) is 23.1 Å². The molecule has 3 nitrogen and oxygen atoms in total. The van der Waals surface area contributed by atoms with Crippen LogP contribution < -0.4 is 4.74 Å². The van der Waals surface area contributed by atoms with Crippen molar-refractivity contribution in [3.63, 3.8) is 0 Å². The molecule has 0 aliphatic carbocycles. The van der Waals surface area contributed by atoms with Crippen LogP contribution in [0.15, 0.2) is 12.1 Å². The number of rotatable bonds is 2. The average Bonchev–Trinajstić information content (AvgIpc) is 2.70. The molecule has 1 aromatic carbocycles. The van der Waals surface area contributed by atoms with Crippen LogP contribution in [0.1, 0.15) is 21.0 Å². The first-order valence-electron chi connectivity index (χ1n) is 5.60. The lowest BCUT2D eigenvalue weighted by Crippen LogP contribution is -1.93. The summed E-state index contributed by atoms with van der Waals surface area (Å²) in [6.07, 6.45) is 0. The molecule has 0 aliphatic heterocycles. The predicted molar refractivity (Wildman–Crippen MR) is 73.0 cm³/mol. The minimum atomic E-state index is 0.663. The molecule has 0 radical (unpaired) electrons. The Hall–Kier alpha value is -1.86. The van der Waals surface area contributed by atoms with E-state index < -0.39 is 0 Å². The fraction of sp³-hybridized carbons (Fsp3) is 0.286. The van der Waals surface area contributed by atoms with Gasteiger partial charge in [0.15, 0.2) is 0 Å². The van der Waals surface area contributed by atoms with Gasteiger partial charge in [0, 0.05) is 5.56 Å². The first-order valence-corrected chi connectivity index (χ1v) is 6.41. The van der Waals surface area contributed by atoms with E-state index in [1.807, 2.05) is 32.9 Å². The topological polar surface area (TPSA) is 45.9 Å². The molecule has 92 valence electrons. The summed E-state index contributed by atoms with van der Waals surface area (Å²) < 4.78 is 5.35. The molecule has 0 saturated carbocycles. The van der Waals surface area contributed by atoms with E-state index in [2.05, 4.69) is 11.1 Å². The van der Waals surface area contributed by atoms with Crippen LogP contribution in [-0.2, 0) is 0 Å². The minimum Gasteiger partial charge on any atom is -0.496 e. The highest BCUT2D eigenvalue weighted by Crippen LogP contribution is 2.32. The summed E-state index contributed by atoms with van der Waals surface area (Å²) in [4.78, 5) is 5.11. The van der Waals surface area contributed by atoms with Gasteiger partial charge < -0.3 is 4.74 Å². The standard InChI is InChI=1S/C14H14N2OS/c1-8-5-11(6-9(2)14(8)17-4)13-12(7-15)18-10(3)16-13/h5-6H,1-4H3. The Morgan fingerprint density at radius 3 is 2.33 bits per heavy atom. The molecule has 18 heavy (non-hydrogen) atoms. The van der Waals surface area contributed by atoms with E-state index in [0.29, 0.717) is 4.88 Å². The van der Waals surface area contributed by atoms with Crippen LogP contribution in [0.3, 0.4) is 0 Å². The number of thiazole rings is 1. The highest BCUT2D eigenvalue weighted by atomic mass is 32.1. The Morgan fingerprint density at radius 2 is 1.83 bits per heavy atom. The van der Waals surface area contributed by atoms with Crippen molar-refractivity contribution in [2.75, 3.05) is 7.11 Å². The van der Waals surface area contributed by atoms with Crippen molar-refractivity contribution in [1.29, 1.82) is 5.26 Å². The molecule has 2 rings (SSSR count). The van der Waals surface area contributed by atoms with E-state index in [-0.39, 0.29) is 0 Å². The zero-order valence-corrected chi connectivity index (χ0v) is 11.7. The molecule has 1 heterocycles. The highest BCUT2D eigenvalue weighted by molar-refractivity contribution is 7.12. The van der Waals surface area contributed by atoms with Crippen LogP contribution in [0.5, 0.6) is 5.75 Å². The summed E-state index contributed by atoms with van der Waals surface area (Å²) in [7, 11) is 1.67. The highest BCUT2D eigenvalue weighted by Gasteiger charge is 2.13. The Labute approximate surface area is 111 Å². The van der Waals surface area contributed by atoms with Gasteiger partial charge in [0.1, 0.15) is 16.7 Å². The summed E-state index contributed by atoms with van der Waals surface area (Å²) in [6.45, 7) is 5.92. The van der Waals surface area contributed by atoms with Gasteiger partial charge in [-0.2, -0.15) is 5.26 Å². The summed E-state index contributed by atoms with van der Waals surface area (Å²) in [5, 5.41) is 10.0. The summed E-state index contributed by atoms with van der Waals surface area (Å²) in [5.74, 6) is 0.893. The van der Waals surface area contributed by atoms with Crippen molar-refractivity contribution >= 4 is 11.3 Å². The Kier molecular flexibility index (Phi) is 3.35. The number of hydrogen-bond acceptors (Lipinski definition) is 4. The van der Waals surface area contributed by atoms with Gasteiger partial charge in [-0.3, -0.25) is 0 Å². The van der Waals surface area contributed by atoms with Gasteiger partial charge in [0.25, 0.3) is 0 Å². The lowest BCUT2D eigenvalue weighted by Gasteiger charge is -2.10. The SMILES string of the molecule is COc1c(C)cc(-c2nc(C)sc2C#N)cc1C. The number of aryl methyl sites for hydroxylation is 3. The molecule has 0 saturated heterocycles. The molecule has 4 heteroatoms. The lowest BCUT2D eigenvalue weighted by molar-refractivity contribution is 0.408. The molecule has 0 bridgehead atoms. The van der Waals surface area contributed by atoms with Gasteiger partial charge in [-0.15, -0.1) is 11.3 Å². The molecular weight excluding hydrogens is 244 g/mol. The summed E-state index contributed by atoms with van der Waals surface area (Å²) in [6, 6.07) is 6.24. The monoisotopic (exact) mass is 258 g/mol. The molecule has 0 fully saturated rings. The maximum atomic E-state index is 9.13. The maximum Gasteiger partial charge on any atom is 0.132 e. The summed E-state index contributed by atoms with van der Waals surface area (Å²) in [5.41, 5.74) is 3.87. The van der Waals surface area contributed by atoms with E-state index in [1.165, 1.54) is 11.3 Å². The van der Waals surface area contributed by atoms with Crippen molar-refractivity contribution in [3.05, 3.63) is 33.1 Å². The van der Waals surface area contributed by atoms with Crippen LogP contribution in [-0.4, -0.2) is 12.1 Å². The van der Waals surface area contributed by atoms with Gasteiger partial charge >= 0.3 is 0 Å². The Bertz CT molecular complexity index is 615. The van der Waals surface area contributed by atoms with Crippen molar-refractivity contribution in [1.82, 2.24) is 4.98 Å². The van der Waals surface area contributed by atoms with Gasteiger partial charge in [0.2, 0.25) is 0 Å². The first-order chi connectivity index (χ1) is 8.56. The molecule has 0 amide bonds. The zero-order valence-electron chi connectivity index (χ0n) is 10.9. The number of methoxy groups -OCH3 is 1. The normalized spacial score (nSPS) is 10.2. The predicted octanol–water partition coefficient (Wildman–Crippen LogP) is 3.62. The van der Waals surface area contributed by atoms with Crippen molar-refractivity contribution in [2.45, 2.75) is 20.8 Å². The van der Waals surface area contributed by atoms with E-state index in [4.69, 9.17) is 10.00 Å². The third-order valence-electron chi connectivity index (χ3n) is 2.77. The van der Waals surface area contributed by atoms with Crippen LogP contribution in [0.2, 0.25) is 0 Å². The van der Waals surface area contributed by atoms with Crippen molar-refractivity contribution in [2.24, 2.45) is 0 Å². The van der Waals surface area contributed by atoms with E-state index in [0.717, 1.165) is 33.1 Å².